The number of aliphatic hydroxyl groups excluding tert-OH is 2. The number of hydrogen-bond donors (Lipinski definition) is 4. The first-order valence-electron chi connectivity index (χ1n) is 12.2. The van der Waals surface area contributed by atoms with Gasteiger partial charge in [-0.25, -0.2) is 15.0 Å². The summed E-state index contributed by atoms with van der Waals surface area (Å²) in [4.78, 5) is 26.6. The van der Waals surface area contributed by atoms with Crippen molar-refractivity contribution in [2.75, 3.05) is 32.0 Å². The van der Waals surface area contributed by atoms with Crippen LogP contribution >= 0.6 is 0 Å². The maximum atomic E-state index is 12.5. The fraction of sp³-hybridized carbons (Fsp3) is 0.500. The molecule has 3 aromatic rings. The number of aliphatic hydroxyl groups is 2. The zero-order valence-corrected chi connectivity index (χ0v) is 19.9. The van der Waals surface area contributed by atoms with Crippen LogP contribution in [0.2, 0.25) is 0 Å². The van der Waals surface area contributed by atoms with Gasteiger partial charge >= 0.3 is 0 Å². The molecule has 0 bridgehead atoms. The lowest BCUT2D eigenvalue weighted by molar-refractivity contribution is -0.134. The van der Waals surface area contributed by atoms with Crippen LogP contribution in [0.1, 0.15) is 31.1 Å². The van der Waals surface area contributed by atoms with Gasteiger partial charge in [0, 0.05) is 31.7 Å². The number of amides is 1. The van der Waals surface area contributed by atoms with E-state index in [0.29, 0.717) is 23.5 Å². The number of fused-ring (bicyclic) bond motifs is 1. The first kappa shape index (κ1) is 24.4. The third-order valence-electron chi connectivity index (χ3n) is 6.69. The Labute approximate surface area is 208 Å². The molecule has 1 amide bonds. The lowest BCUT2D eigenvalue weighted by Gasteiger charge is -2.26. The molecule has 0 unspecified atom stereocenters. The number of rotatable bonds is 8. The summed E-state index contributed by atoms with van der Waals surface area (Å²) in [7, 11) is 0. The van der Waals surface area contributed by atoms with E-state index in [0.717, 1.165) is 37.9 Å². The number of nitrogens with two attached hydrogens (primary N) is 1. The predicted octanol–water partition coefficient (Wildman–Crippen LogP) is 0.209. The highest BCUT2D eigenvalue weighted by molar-refractivity contribution is 5.81. The fourth-order valence-electron chi connectivity index (χ4n) is 4.70. The van der Waals surface area contributed by atoms with E-state index in [9.17, 15) is 15.0 Å². The van der Waals surface area contributed by atoms with Crippen LogP contribution in [0.25, 0.3) is 11.2 Å². The van der Waals surface area contributed by atoms with Gasteiger partial charge in [0.2, 0.25) is 0 Å². The second-order valence-electron chi connectivity index (χ2n) is 9.10. The molecule has 2 aliphatic rings. The fourth-order valence-corrected chi connectivity index (χ4v) is 4.70. The summed E-state index contributed by atoms with van der Waals surface area (Å²) in [6.07, 6.45) is 2.17. The van der Waals surface area contributed by atoms with E-state index in [2.05, 4.69) is 20.3 Å². The molecule has 2 aliphatic heterocycles. The summed E-state index contributed by atoms with van der Waals surface area (Å²) in [6.45, 7) is 2.29. The monoisotopic (exact) mass is 497 g/mol. The number of para-hydroxylation sites is 1. The Morgan fingerprint density at radius 2 is 1.94 bits per heavy atom. The standard InChI is InChI=1S/C24H31N7O5/c25-22-19-23(28-13-27-22)31(14-29-19)24-21(34)20(33)17(36-24)11-26-10-15-6-2-3-7-16(15)35-12-18(32)30-8-4-1-5-9-30/h2-3,6-7,13-14,17,20-21,24,26,33-34H,1,4-5,8-12H2,(H2,25,27,28)/t17-,20-,21-,24-/m1/s1. The summed E-state index contributed by atoms with van der Waals surface area (Å²) in [5, 5.41) is 24.5. The van der Waals surface area contributed by atoms with Crippen molar-refractivity contribution in [3.8, 4) is 5.75 Å². The van der Waals surface area contributed by atoms with Gasteiger partial charge in [-0.2, -0.15) is 0 Å². The zero-order chi connectivity index (χ0) is 25.1. The van der Waals surface area contributed by atoms with E-state index in [-0.39, 0.29) is 24.9 Å². The van der Waals surface area contributed by atoms with Gasteiger partial charge in [0.1, 0.15) is 35.9 Å². The van der Waals surface area contributed by atoms with Gasteiger partial charge < -0.3 is 35.6 Å². The lowest BCUT2D eigenvalue weighted by Crippen LogP contribution is -2.38. The van der Waals surface area contributed by atoms with Crippen LogP contribution in [0, 0.1) is 0 Å². The Hall–Kier alpha value is -3.32. The molecule has 12 heteroatoms. The quantitative estimate of drug-likeness (QED) is 0.339. The second kappa shape index (κ2) is 10.7. The third kappa shape index (κ3) is 4.98. The number of carbonyl (C=O) groups excluding carboxylic acids is 1. The molecule has 0 spiro atoms. The maximum Gasteiger partial charge on any atom is 0.260 e. The van der Waals surface area contributed by atoms with Crippen molar-refractivity contribution in [2.45, 2.75) is 50.3 Å². The average molecular weight is 498 g/mol. The Balaban J connectivity index is 1.17. The molecular weight excluding hydrogens is 466 g/mol. The molecule has 36 heavy (non-hydrogen) atoms. The number of imidazole rings is 1. The molecule has 5 N–H and O–H groups in total. The molecule has 5 rings (SSSR count). The molecule has 12 nitrogen and oxygen atoms in total. The van der Waals surface area contributed by atoms with Crippen LogP contribution in [-0.2, 0) is 16.1 Å². The number of carbonyl (C=O) groups is 1. The highest BCUT2D eigenvalue weighted by Crippen LogP contribution is 2.32. The minimum absolute atomic E-state index is 0.000905. The third-order valence-corrected chi connectivity index (χ3v) is 6.69. The minimum atomic E-state index is -1.18. The number of ether oxygens (including phenoxy) is 2. The summed E-state index contributed by atoms with van der Waals surface area (Å²) < 4.78 is 13.4. The largest absolute Gasteiger partial charge is 0.483 e. The Kier molecular flexibility index (Phi) is 7.28. The van der Waals surface area contributed by atoms with Crippen LogP contribution in [-0.4, -0.2) is 85.1 Å². The van der Waals surface area contributed by atoms with Gasteiger partial charge in [0.25, 0.3) is 5.91 Å². The Bertz CT molecular complexity index is 1200. The second-order valence-corrected chi connectivity index (χ2v) is 9.10. The number of nitrogens with one attached hydrogen (secondary N) is 1. The highest BCUT2D eigenvalue weighted by Gasteiger charge is 2.44. The molecule has 4 heterocycles. The number of anilines is 1. The zero-order valence-electron chi connectivity index (χ0n) is 19.9. The molecule has 2 aromatic heterocycles. The number of likely N-dealkylation sites (tertiary alicyclic amines) is 1. The van der Waals surface area contributed by atoms with Gasteiger partial charge in [0.15, 0.2) is 24.3 Å². The Morgan fingerprint density at radius 1 is 1.14 bits per heavy atom. The van der Waals surface area contributed by atoms with E-state index in [1.807, 2.05) is 29.2 Å². The highest BCUT2D eigenvalue weighted by atomic mass is 16.6. The van der Waals surface area contributed by atoms with Crippen molar-refractivity contribution in [1.82, 2.24) is 29.7 Å². The summed E-state index contributed by atoms with van der Waals surface area (Å²) in [5.74, 6) is 0.853. The van der Waals surface area contributed by atoms with Crippen molar-refractivity contribution in [3.63, 3.8) is 0 Å². The lowest BCUT2D eigenvalue weighted by atomic mass is 10.1. The number of piperidine rings is 1. The van der Waals surface area contributed by atoms with E-state index in [1.54, 1.807) is 4.57 Å². The van der Waals surface area contributed by atoms with Crippen LogP contribution in [0.3, 0.4) is 0 Å². The van der Waals surface area contributed by atoms with Crippen molar-refractivity contribution < 1.29 is 24.5 Å². The minimum Gasteiger partial charge on any atom is -0.483 e. The van der Waals surface area contributed by atoms with E-state index in [1.165, 1.54) is 12.7 Å². The number of nitrogens with zero attached hydrogens (tertiary/aromatic N) is 5. The van der Waals surface area contributed by atoms with Gasteiger partial charge in [-0.3, -0.25) is 9.36 Å². The van der Waals surface area contributed by atoms with Gasteiger partial charge in [0.05, 0.1) is 6.33 Å². The van der Waals surface area contributed by atoms with Gasteiger partial charge in [-0.1, -0.05) is 18.2 Å². The van der Waals surface area contributed by atoms with Crippen molar-refractivity contribution in [2.24, 2.45) is 0 Å². The molecule has 0 aliphatic carbocycles. The summed E-state index contributed by atoms with van der Waals surface area (Å²) in [6, 6.07) is 7.51. The molecule has 1 aromatic carbocycles. The molecular formula is C24H31N7O5. The van der Waals surface area contributed by atoms with E-state index in [4.69, 9.17) is 15.2 Å². The molecule has 0 saturated carbocycles. The predicted molar refractivity (Wildman–Crippen MR) is 130 cm³/mol. The first-order valence-corrected chi connectivity index (χ1v) is 12.2. The molecule has 2 saturated heterocycles. The van der Waals surface area contributed by atoms with Crippen molar-refractivity contribution >= 4 is 22.9 Å². The van der Waals surface area contributed by atoms with E-state index < -0.39 is 24.5 Å². The summed E-state index contributed by atoms with van der Waals surface area (Å²) >= 11 is 0. The topological polar surface area (TPSA) is 161 Å². The smallest absolute Gasteiger partial charge is 0.260 e. The molecule has 4 atom stereocenters. The number of aromatic nitrogens is 4. The Morgan fingerprint density at radius 3 is 2.78 bits per heavy atom. The van der Waals surface area contributed by atoms with Crippen LogP contribution in [0.4, 0.5) is 5.82 Å². The van der Waals surface area contributed by atoms with Crippen LogP contribution in [0.15, 0.2) is 36.9 Å². The molecule has 2 fully saturated rings. The van der Waals surface area contributed by atoms with Crippen molar-refractivity contribution in [3.05, 3.63) is 42.5 Å². The maximum absolute atomic E-state index is 12.5. The number of benzene rings is 1. The van der Waals surface area contributed by atoms with Crippen LogP contribution in [0.5, 0.6) is 5.75 Å². The van der Waals surface area contributed by atoms with Gasteiger partial charge in [-0.05, 0) is 25.3 Å². The number of hydrogen-bond acceptors (Lipinski definition) is 10. The van der Waals surface area contributed by atoms with Crippen molar-refractivity contribution in [1.29, 1.82) is 0 Å². The summed E-state index contributed by atoms with van der Waals surface area (Å²) in [5.41, 5.74) is 7.54. The molecule has 0 radical (unpaired) electrons. The van der Waals surface area contributed by atoms with Crippen LogP contribution < -0.4 is 15.8 Å². The average Bonchev–Trinajstić information content (AvgIpc) is 3.46. The SMILES string of the molecule is Nc1ncnc2c1ncn2[C@@H]1O[C@H](CNCc2ccccc2OCC(=O)N2CCCCC2)[C@@H](O)[C@H]1O. The first-order chi connectivity index (χ1) is 17.5. The normalized spacial score (nSPS) is 24.3. The number of nitrogen functional groups attached to an aromatic ring is 1. The molecule has 192 valence electrons. The van der Waals surface area contributed by atoms with Gasteiger partial charge in [-0.15, -0.1) is 0 Å². The van der Waals surface area contributed by atoms with E-state index >= 15 is 0 Å².